The van der Waals surface area contributed by atoms with Crippen molar-refractivity contribution in [1.82, 2.24) is 0 Å². The summed E-state index contributed by atoms with van der Waals surface area (Å²) < 4.78 is 0.758. The van der Waals surface area contributed by atoms with Crippen molar-refractivity contribution in [1.29, 1.82) is 0 Å². The molecule has 4 nitrogen and oxygen atoms in total. The number of non-ortho nitro benzene ring substituents is 1. The lowest BCUT2D eigenvalue weighted by Crippen LogP contribution is -2.22. The van der Waals surface area contributed by atoms with Crippen molar-refractivity contribution in [2.24, 2.45) is 5.73 Å². The van der Waals surface area contributed by atoms with Crippen molar-refractivity contribution in [3.63, 3.8) is 0 Å². The summed E-state index contributed by atoms with van der Waals surface area (Å²) in [7, 11) is 0. The maximum absolute atomic E-state index is 10.5. The molecule has 0 radical (unpaired) electrons. The number of nitro benzene ring substituents is 1. The minimum Gasteiger partial charge on any atom is -0.327 e. The van der Waals surface area contributed by atoms with E-state index in [1.54, 1.807) is 6.07 Å². The van der Waals surface area contributed by atoms with Crippen LogP contribution in [0.2, 0.25) is 0 Å². The Balaban J connectivity index is 2.79. The van der Waals surface area contributed by atoms with Crippen LogP contribution in [0.4, 0.5) is 5.69 Å². The SMILES string of the molecule is CCCC(N)Cc1ccc([N+](=O)[O-])cc1Br. The molecule has 0 heterocycles. The molecular formula is C11H15BrN2O2. The van der Waals surface area contributed by atoms with Crippen LogP contribution in [-0.4, -0.2) is 11.0 Å². The van der Waals surface area contributed by atoms with Crippen molar-refractivity contribution < 1.29 is 4.92 Å². The molecule has 1 atom stereocenters. The molecule has 1 aromatic carbocycles. The van der Waals surface area contributed by atoms with Gasteiger partial charge in [-0.05, 0) is 18.4 Å². The van der Waals surface area contributed by atoms with Crippen LogP contribution < -0.4 is 5.73 Å². The summed E-state index contributed by atoms with van der Waals surface area (Å²) in [6.07, 6.45) is 2.75. The number of halogens is 1. The second-order valence-corrected chi connectivity index (χ2v) is 4.64. The summed E-state index contributed by atoms with van der Waals surface area (Å²) in [5.74, 6) is 0. The van der Waals surface area contributed by atoms with Gasteiger partial charge in [-0.2, -0.15) is 0 Å². The summed E-state index contributed by atoms with van der Waals surface area (Å²) in [6.45, 7) is 2.09. The molecule has 0 aliphatic heterocycles. The van der Waals surface area contributed by atoms with Gasteiger partial charge in [0.15, 0.2) is 0 Å². The first-order chi connectivity index (χ1) is 7.54. The van der Waals surface area contributed by atoms with E-state index >= 15 is 0 Å². The number of nitro groups is 1. The number of benzene rings is 1. The quantitative estimate of drug-likeness (QED) is 0.668. The monoisotopic (exact) mass is 286 g/mol. The first-order valence-corrected chi connectivity index (χ1v) is 6.02. The van der Waals surface area contributed by atoms with Gasteiger partial charge < -0.3 is 5.73 Å². The molecule has 2 N–H and O–H groups in total. The van der Waals surface area contributed by atoms with Crippen LogP contribution in [0.1, 0.15) is 25.3 Å². The third-order valence-electron chi connectivity index (χ3n) is 2.39. The first kappa shape index (κ1) is 13.1. The largest absolute Gasteiger partial charge is 0.327 e. The lowest BCUT2D eigenvalue weighted by molar-refractivity contribution is -0.384. The zero-order chi connectivity index (χ0) is 12.1. The second-order valence-electron chi connectivity index (χ2n) is 3.79. The Morgan fingerprint density at radius 1 is 1.56 bits per heavy atom. The standard InChI is InChI=1S/C11H15BrN2O2/c1-2-3-9(13)6-8-4-5-10(14(15)16)7-11(8)12/h4-5,7,9H,2-3,6,13H2,1H3. The molecule has 16 heavy (non-hydrogen) atoms. The molecule has 0 spiro atoms. The Kier molecular flexibility index (Phi) is 4.89. The van der Waals surface area contributed by atoms with Gasteiger partial charge in [0.05, 0.1) is 4.92 Å². The highest BCUT2D eigenvalue weighted by Gasteiger charge is 2.11. The van der Waals surface area contributed by atoms with Gasteiger partial charge in [-0.25, -0.2) is 0 Å². The van der Waals surface area contributed by atoms with Crippen molar-refractivity contribution in [2.75, 3.05) is 0 Å². The predicted octanol–water partition coefficient (Wildman–Crippen LogP) is 3.03. The topological polar surface area (TPSA) is 69.2 Å². The molecule has 0 saturated heterocycles. The van der Waals surface area contributed by atoms with E-state index in [0.29, 0.717) is 0 Å². The van der Waals surface area contributed by atoms with Crippen molar-refractivity contribution in [3.8, 4) is 0 Å². The molecule has 88 valence electrons. The summed E-state index contributed by atoms with van der Waals surface area (Å²) in [6, 6.07) is 4.91. The molecule has 5 heteroatoms. The van der Waals surface area contributed by atoms with Gasteiger partial charge in [0.2, 0.25) is 0 Å². The highest BCUT2D eigenvalue weighted by Crippen LogP contribution is 2.24. The zero-order valence-electron chi connectivity index (χ0n) is 9.15. The van der Waals surface area contributed by atoms with E-state index in [4.69, 9.17) is 5.73 Å². The molecule has 0 saturated carbocycles. The van der Waals surface area contributed by atoms with Gasteiger partial charge in [0, 0.05) is 22.6 Å². The van der Waals surface area contributed by atoms with Crippen LogP contribution in [0.3, 0.4) is 0 Å². The number of nitrogens with zero attached hydrogens (tertiary/aromatic N) is 1. The highest BCUT2D eigenvalue weighted by atomic mass is 79.9. The smallest absolute Gasteiger partial charge is 0.270 e. The Bertz CT molecular complexity index is 382. The fourth-order valence-electron chi connectivity index (χ4n) is 1.57. The average Bonchev–Trinajstić information content (AvgIpc) is 2.21. The minimum atomic E-state index is -0.402. The molecular weight excluding hydrogens is 272 g/mol. The van der Waals surface area contributed by atoms with Gasteiger partial charge in [0.25, 0.3) is 5.69 Å². The molecule has 0 aliphatic carbocycles. The van der Waals surface area contributed by atoms with Crippen molar-refractivity contribution >= 4 is 21.6 Å². The van der Waals surface area contributed by atoms with Gasteiger partial charge >= 0.3 is 0 Å². The van der Waals surface area contributed by atoms with Gasteiger partial charge in [0.1, 0.15) is 0 Å². The molecule has 1 rings (SSSR count). The number of hydrogen-bond acceptors (Lipinski definition) is 3. The maximum Gasteiger partial charge on any atom is 0.270 e. The second kappa shape index (κ2) is 5.96. The molecule has 0 amide bonds. The van der Waals surface area contributed by atoms with E-state index in [2.05, 4.69) is 22.9 Å². The average molecular weight is 287 g/mol. The fraction of sp³-hybridized carbons (Fsp3) is 0.455. The summed E-state index contributed by atoms with van der Waals surface area (Å²) >= 11 is 3.34. The molecule has 1 aromatic rings. The summed E-state index contributed by atoms with van der Waals surface area (Å²) in [5, 5.41) is 10.5. The summed E-state index contributed by atoms with van der Waals surface area (Å²) in [4.78, 5) is 10.1. The minimum absolute atomic E-state index is 0.0969. The van der Waals surface area contributed by atoms with Gasteiger partial charge in [-0.3, -0.25) is 10.1 Å². The van der Waals surface area contributed by atoms with Crippen molar-refractivity contribution in [2.45, 2.75) is 32.2 Å². The number of hydrogen-bond donors (Lipinski definition) is 1. The van der Waals surface area contributed by atoms with Crippen LogP contribution in [0.25, 0.3) is 0 Å². The Labute approximate surface area is 103 Å². The van der Waals surface area contributed by atoms with E-state index in [9.17, 15) is 10.1 Å². The molecule has 0 aromatic heterocycles. The van der Waals surface area contributed by atoms with Crippen LogP contribution in [0.5, 0.6) is 0 Å². The predicted molar refractivity (Wildman–Crippen MR) is 67.4 cm³/mol. The number of nitrogens with two attached hydrogens (primary N) is 1. The van der Waals surface area contributed by atoms with E-state index in [-0.39, 0.29) is 11.7 Å². The van der Waals surface area contributed by atoms with Crippen LogP contribution in [0.15, 0.2) is 22.7 Å². The van der Waals surface area contributed by atoms with Crippen LogP contribution >= 0.6 is 15.9 Å². The molecule has 0 bridgehead atoms. The Morgan fingerprint density at radius 2 is 2.25 bits per heavy atom. The molecule has 0 fully saturated rings. The Morgan fingerprint density at radius 3 is 2.75 bits per heavy atom. The lowest BCUT2D eigenvalue weighted by atomic mass is 10.0. The van der Waals surface area contributed by atoms with Crippen LogP contribution in [-0.2, 0) is 6.42 Å². The van der Waals surface area contributed by atoms with Gasteiger partial charge in [-0.15, -0.1) is 0 Å². The van der Waals surface area contributed by atoms with Crippen LogP contribution in [0, 0.1) is 10.1 Å². The molecule has 0 aliphatic rings. The zero-order valence-corrected chi connectivity index (χ0v) is 10.7. The van der Waals surface area contributed by atoms with E-state index in [1.807, 2.05) is 0 Å². The van der Waals surface area contributed by atoms with Gasteiger partial charge in [-0.1, -0.05) is 35.3 Å². The normalized spacial score (nSPS) is 12.4. The van der Waals surface area contributed by atoms with E-state index < -0.39 is 4.92 Å². The van der Waals surface area contributed by atoms with E-state index in [1.165, 1.54) is 12.1 Å². The highest BCUT2D eigenvalue weighted by molar-refractivity contribution is 9.10. The molecule has 1 unspecified atom stereocenters. The number of rotatable bonds is 5. The maximum atomic E-state index is 10.5. The summed E-state index contributed by atoms with van der Waals surface area (Å²) in [5.41, 5.74) is 7.05. The Hall–Kier alpha value is -0.940. The lowest BCUT2D eigenvalue weighted by Gasteiger charge is -2.11. The van der Waals surface area contributed by atoms with E-state index in [0.717, 1.165) is 29.3 Å². The first-order valence-electron chi connectivity index (χ1n) is 5.23. The third kappa shape index (κ3) is 3.57. The fourth-order valence-corrected chi connectivity index (χ4v) is 2.10. The van der Waals surface area contributed by atoms with Crippen molar-refractivity contribution in [3.05, 3.63) is 38.3 Å². The third-order valence-corrected chi connectivity index (χ3v) is 3.13.